The Bertz CT molecular complexity index is 1740. The van der Waals surface area contributed by atoms with Gasteiger partial charge in [0.15, 0.2) is 5.78 Å². The highest BCUT2D eigenvalue weighted by molar-refractivity contribution is 6.39. The van der Waals surface area contributed by atoms with E-state index in [-0.39, 0.29) is 60.2 Å². The lowest BCUT2D eigenvalue weighted by Crippen LogP contribution is -2.61. The highest BCUT2D eigenvalue weighted by Gasteiger charge is 2.53. The normalized spacial score (nSPS) is 40.7. The van der Waals surface area contributed by atoms with Crippen LogP contribution in [0.3, 0.4) is 0 Å². The number of ether oxygens (including phenoxy) is 6. The number of esters is 1. The molecule has 4 aliphatic rings. The standard InChI is InChI=1S/C55H89NO11/c1-14-65-48-33-49(39(7)30-43-25-23-36(4)46(31-43)62-11)66-54(60)45-22-18-19-27-56(45)53(59)52(58)55(61)41(9)24-26-44(67-55)32-47(63-12)35(3)21-17-15-16-20-34(2)28-40(8)50(57)51(64-13)42(10)37(5)29-38(48)6/h15-17,20-21,29,34,36,38-49,51,61H,14,18-19,22-28,30-33H2,1-13H3/b17-15+,20-16+,35-21+,37-29+/t34-,36-,38-,39-,40-,41-,42-,43+,44+,45+,46-,47?,48-,49+,51-,55-/m1/s1. The van der Waals surface area contributed by atoms with Gasteiger partial charge in [0.05, 0.1) is 24.4 Å². The minimum Gasteiger partial charge on any atom is -0.460 e. The molecular weight excluding hydrogens is 851 g/mol. The Balaban J connectivity index is 1.74. The summed E-state index contributed by atoms with van der Waals surface area (Å²) in [5, 5.41) is 12.0. The molecule has 0 radical (unpaired) electrons. The Hall–Kier alpha value is -3.00. The monoisotopic (exact) mass is 940 g/mol. The van der Waals surface area contributed by atoms with E-state index in [9.17, 15) is 24.3 Å². The number of amides is 1. The van der Waals surface area contributed by atoms with Crippen molar-refractivity contribution in [2.45, 2.75) is 195 Å². The van der Waals surface area contributed by atoms with Crippen LogP contribution in [-0.2, 0) is 47.6 Å². The summed E-state index contributed by atoms with van der Waals surface area (Å²) >= 11 is 0. The van der Waals surface area contributed by atoms with Crippen molar-refractivity contribution in [3.05, 3.63) is 47.6 Å². The lowest BCUT2D eigenvalue weighted by molar-refractivity contribution is -0.265. The van der Waals surface area contributed by atoms with Gasteiger partial charge < -0.3 is 38.4 Å². The van der Waals surface area contributed by atoms with Crippen LogP contribution in [0.2, 0.25) is 0 Å². The molecule has 1 unspecified atom stereocenters. The fraction of sp³-hybridized carbons (Fsp3) is 0.782. The van der Waals surface area contributed by atoms with E-state index in [0.29, 0.717) is 69.8 Å². The predicted octanol–water partition coefficient (Wildman–Crippen LogP) is 9.57. The zero-order valence-corrected chi connectivity index (χ0v) is 43.5. The van der Waals surface area contributed by atoms with Crippen LogP contribution in [0.25, 0.3) is 0 Å². The van der Waals surface area contributed by atoms with Gasteiger partial charge in [-0.3, -0.25) is 14.4 Å². The predicted molar refractivity (Wildman–Crippen MR) is 262 cm³/mol. The second-order valence-corrected chi connectivity index (χ2v) is 21.0. The number of nitrogens with zero attached hydrogens (tertiary/aromatic N) is 1. The highest BCUT2D eigenvalue weighted by atomic mass is 16.6. The van der Waals surface area contributed by atoms with E-state index in [0.717, 1.165) is 36.8 Å². The lowest BCUT2D eigenvalue weighted by Gasteiger charge is -2.43. The van der Waals surface area contributed by atoms with E-state index in [1.165, 1.54) is 4.90 Å². The van der Waals surface area contributed by atoms with Gasteiger partial charge in [-0.15, -0.1) is 0 Å². The van der Waals surface area contributed by atoms with Crippen LogP contribution in [0.1, 0.15) is 146 Å². The number of piperidine rings is 1. The van der Waals surface area contributed by atoms with Gasteiger partial charge in [0, 0.05) is 71.0 Å². The number of carbonyl (C=O) groups excluding carboxylic acids is 4. The van der Waals surface area contributed by atoms with Gasteiger partial charge >= 0.3 is 5.97 Å². The van der Waals surface area contributed by atoms with Crippen molar-refractivity contribution in [1.82, 2.24) is 4.90 Å². The zero-order chi connectivity index (χ0) is 49.6. The lowest BCUT2D eigenvalue weighted by atomic mass is 9.75. The second kappa shape index (κ2) is 26.8. The van der Waals surface area contributed by atoms with E-state index in [1.54, 1.807) is 28.3 Å². The molecule has 12 heteroatoms. The molecule has 4 rings (SSSR count). The number of cyclic esters (lactones) is 1. The number of ketones is 2. The smallest absolute Gasteiger partial charge is 0.329 e. The number of hydrogen-bond donors (Lipinski definition) is 1. The van der Waals surface area contributed by atoms with Crippen LogP contribution in [0, 0.1) is 47.3 Å². The largest absolute Gasteiger partial charge is 0.460 e. The summed E-state index contributed by atoms with van der Waals surface area (Å²) in [7, 11) is 5.00. The maximum absolute atomic E-state index is 14.7. The van der Waals surface area contributed by atoms with Crippen molar-refractivity contribution in [3.63, 3.8) is 0 Å². The SMILES string of the molecule is CCO[C@@H]1C[C@@H]([C@H](C)C[C@@H]2CC[C@@H](C)[C@H](OC)C2)OC(=O)[C@@H]2CCCCN2C(=O)C(=O)[C@]2(O)O[C@@H](CC[C@H]2C)CC(OC)/C(C)=C/C=C/C=C/[C@@H](C)C[C@@H](C)C(=O)[C@H](OC)[C@H](C)/C(C)=C/[C@H]1C. The molecule has 380 valence electrons. The van der Waals surface area contributed by atoms with Crippen LogP contribution < -0.4 is 0 Å². The minimum atomic E-state index is -2.37. The van der Waals surface area contributed by atoms with Gasteiger partial charge in [-0.05, 0) is 114 Å². The van der Waals surface area contributed by atoms with Crippen LogP contribution >= 0.6 is 0 Å². The average molecular weight is 940 g/mol. The van der Waals surface area contributed by atoms with E-state index in [2.05, 4.69) is 39.8 Å². The molecule has 1 aliphatic carbocycles. The van der Waals surface area contributed by atoms with Crippen molar-refractivity contribution in [2.75, 3.05) is 34.5 Å². The molecule has 16 atom stereocenters. The molecule has 1 N–H and O–H groups in total. The third-order valence-electron chi connectivity index (χ3n) is 15.8. The summed E-state index contributed by atoms with van der Waals surface area (Å²) in [5.41, 5.74) is 1.94. The van der Waals surface area contributed by atoms with Crippen LogP contribution in [0.5, 0.6) is 0 Å². The van der Waals surface area contributed by atoms with Crippen LogP contribution in [-0.4, -0.2) is 116 Å². The Morgan fingerprint density at radius 2 is 1.55 bits per heavy atom. The molecular formula is C55H89NO11. The first-order chi connectivity index (χ1) is 31.8. The van der Waals surface area contributed by atoms with Gasteiger partial charge in [0.1, 0.15) is 18.2 Å². The molecule has 3 fully saturated rings. The number of hydrogen-bond acceptors (Lipinski definition) is 11. The molecule has 12 nitrogen and oxygen atoms in total. The first-order valence-electron chi connectivity index (χ1n) is 25.7. The minimum absolute atomic E-state index is 0.0634. The van der Waals surface area contributed by atoms with Crippen LogP contribution in [0.15, 0.2) is 47.6 Å². The fourth-order valence-electron chi connectivity index (χ4n) is 11.1. The molecule has 1 amide bonds. The van der Waals surface area contributed by atoms with Crippen molar-refractivity contribution in [3.8, 4) is 0 Å². The number of fused-ring (bicyclic) bond motifs is 3. The summed E-state index contributed by atoms with van der Waals surface area (Å²) in [6, 6.07) is -1.00. The third-order valence-corrected chi connectivity index (χ3v) is 15.8. The van der Waals surface area contributed by atoms with Crippen molar-refractivity contribution in [2.24, 2.45) is 47.3 Å². The molecule has 3 aliphatic heterocycles. The fourth-order valence-corrected chi connectivity index (χ4v) is 11.1. The number of carbonyl (C=O) groups is 4. The second-order valence-electron chi connectivity index (χ2n) is 21.0. The number of rotatable bonds is 8. The van der Waals surface area contributed by atoms with Crippen molar-refractivity contribution in [1.29, 1.82) is 0 Å². The van der Waals surface area contributed by atoms with E-state index >= 15 is 0 Å². The van der Waals surface area contributed by atoms with Gasteiger partial charge in [-0.1, -0.05) is 90.5 Å². The van der Waals surface area contributed by atoms with Gasteiger partial charge in [0.2, 0.25) is 5.79 Å². The molecule has 2 saturated heterocycles. The maximum atomic E-state index is 14.7. The summed E-state index contributed by atoms with van der Waals surface area (Å²) in [4.78, 5) is 58.7. The Morgan fingerprint density at radius 1 is 0.821 bits per heavy atom. The molecule has 2 bridgehead atoms. The van der Waals surface area contributed by atoms with Gasteiger partial charge in [-0.2, -0.15) is 0 Å². The van der Waals surface area contributed by atoms with E-state index < -0.39 is 53.7 Å². The number of Topliss-reactive ketones (excluding diaryl/α,β-unsaturated/α-hetero) is 2. The first-order valence-corrected chi connectivity index (χ1v) is 25.7. The Morgan fingerprint density at radius 3 is 2.22 bits per heavy atom. The summed E-state index contributed by atoms with van der Waals surface area (Å²) in [5.74, 6) is -5.11. The highest BCUT2D eigenvalue weighted by Crippen LogP contribution is 2.39. The number of aliphatic hydroxyl groups is 1. The average Bonchev–Trinajstić information content (AvgIpc) is 3.30. The Labute approximate surface area is 404 Å². The zero-order valence-electron chi connectivity index (χ0n) is 43.5. The Kier molecular flexibility index (Phi) is 22.7. The molecule has 3 heterocycles. The third kappa shape index (κ3) is 15.2. The maximum Gasteiger partial charge on any atom is 0.329 e. The summed E-state index contributed by atoms with van der Waals surface area (Å²) in [6.07, 6.45) is 17.8. The molecule has 0 aromatic carbocycles. The van der Waals surface area contributed by atoms with Crippen molar-refractivity contribution < 1.29 is 52.7 Å². The summed E-state index contributed by atoms with van der Waals surface area (Å²) < 4.78 is 37.0. The first kappa shape index (κ1) is 56.6. The number of allylic oxidation sites excluding steroid dienone is 5. The van der Waals surface area contributed by atoms with Crippen molar-refractivity contribution >= 4 is 23.4 Å². The van der Waals surface area contributed by atoms with Gasteiger partial charge in [0.25, 0.3) is 11.7 Å². The molecule has 67 heavy (non-hydrogen) atoms. The quantitative estimate of drug-likeness (QED) is 0.141. The molecule has 1 saturated carbocycles. The topological polar surface area (TPSA) is 147 Å². The number of methoxy groups -OCH3 is 3. The molecule has 0 aromatic heterocycles. The van der Waals surface area contributed by atoms with E-state index in [1.807, 2.05) is 58.9 Å². The van der Waals surface area contributed by atoms with Crippen LogP contribution in [0.4, 0.5) is 0 Å². The van der Waals surface area contributed by atoms with Gasteiger partial charge in [-0.25, -0.2) is 4.79 Å². The van der Waals surface area contributed by atoms with E-state index in [4.69, 9.17) is 28.4 Å². The molecule has 0 aromatic rings. The molecule has 0 spiro atoms. The summed E-state index contributed by atoms with van der Waals surface area (Å²) in [6.45, 7) is 20.9.